The Kier molecular flexibility index (Phi) is 4.29. The predicted molar refractivity (Wildman–Crippen MR) is 70.8 cm³/mol. The van der Waals surface area contributed by atoms with Crippen molar-refractivity contribution in [2.45, 2.75) is 37.8 Å². The van der Waals surface area contributed by atoms with Crippen LogP contribution in [-0.4, -0.2) is 22.9 Å². The van der Waals surface area contributed by atoms with Gasteiger partial charge in [-0.3, -0.25) is 14.9 Å². The van der Waals surface area contributed by atoms with Crippen molar-refractivity contribution in [3.05, 3.63) is 39.7 Å². The van der Waals surface area contributed by atoms with Gasteiger partial charge in [0, 0.05) is 23.7 Å². The molecule has 3 N–H and O–H groups in total. The van der Waals surface area contributed by atoms with E-state index in [0.717, 1.165) is 43.9 Å². The minimum atomic E-state index is -0.796. The van der Waals surface area contributed by atoms with E-state index in [9.17, 15) is 19.3 Å². The number of carbonyl (C=O) groups is 1. The van der Waals surface area contributed by atoms with Crippen LogP contribution in [0.3, 0.4) is 0 Å². The fourth-order valence-corrected chi connectivity index (χ4v) is 2.34. The van der Waals surface area contributed by atoms with Crippen molar-refractivity contribution in [2.75, 3.05) is 0 Å². The SMILES string of the molecule is NC1CCC(NC(=O)c2cc(F)cc([N+](=O)[O-])c2)CC1. The second kappa shape index (κ2) is 5.96. The average Bonchev–Trinajstić information content (AvgIpc) is 2.40. The molecule has 108 valence electrons. The number of benzene rings is 1. The van der Waals surface area contributed by atoms with Gasteiger partial charge in [0.05, 0.1) is 11.0 Å². The molecule has 0 aromatic heterocycles. The first-order valence-electron chi connectivity index (χ1n) is 6.47. The number of nitro groups is 1. The fraction of sp³-hybridized carbons (Fsp3) is 0.462. The third-order valence-corrected chi connectivity index (χ3v) is 3.46. The van der Waals surface area contributed by atoms with Crippen LogP contribution in [0.1, 0.15) is 36.0 Å². The number of nitrogens with one attached hydrogen (secondary N) is 1. The van der Waals surface area contributed by atoms with E-state index < -0.39 is 22.3 Å². The zero-order valence-electron chi connectivity index (χ0n) is 10.8. The van der Waals surface area contributed by atoms with E-state index in [1.165, 1.54) is 0 Å². The number of hydrogen-bond acceptors (Lipinski definition) is 4. The molecule has 1 aromatic carbocycles. The lowest BCUT2D eigenvalue weighted by molar-refractivity contribution is -0.385. The van der Waals surface area contributed by atoms with Crippen molar-refractivity contribution in [1.82, 2.24) is 5.32 Å². The summed E-state index contributed by atoms with van der Waals surface area (Å²) in [7, 11) is 0. The number of amides is 1. The van der Waals surface area contributed by atoms with Gasteiger partial charge < -0.3 is 11.1 Å². The summed E-state index contributed by atoms with van der Waals surface area (Å²) in [5.74, 6) is -1.29. The van der Waals surface area contributed by atoms with E-state index >= 15 is 0 Å². The smallest absolute Gasteiger partial charge is 0.273 e. The van der Waals surface area contributed by atoms with Crippen molar-refractivity contribution in [1.29, 1.82) is 0 Å². The van der Waals surface area contributed by atoms with Gasteiger partial charge in [-0.15, -0.1) is 0 Å². The maximum atomic E-state index is 13.3. The van der Waals surface area contributed by atoms with Gasteiger partial charge in [0.1, 0.15) is 5.82 Å². The Hall–Kier alpha value is -2.02. The zero-order valence-corrected chi connectivity index (χ0v) is 10.8. The Morgan fingerprint density at radius 1 is 1.30 bits per heavy atom. The van der Waals surface area contributed by atoms with E-state index in [-0.39, 0.29) is 17.6 Å². The molecular weight excluding hydrogens is 265 g/mol. The lowest BCUT2D eigenvalue weighted by Gasteiger charge is -2.26. The summed E-state index contributed by atoms with van der Waals surface area (Å²) in [6, 6.07) is 3.02. The van der Waals surface area contributed by atoms with Gasteiger partial charge >= 0.3 is 0 Å². The number of non-ortho nitro benzene ring substituents is 1. The predicted octanol–water partition coefficient (Wildman–Crippen LogP) is 1.73. The van der Waals surface area contributed by atoms with Crippen LogP contribution in [-0.2, 0) is 0 Å². The van der Waals surface area contributed by atoms with Gasteiger partial charge in [-0.2, -0.15) is 0 Å². The standard InChI is InChI=1S/C13H16FN3O3/c14-9-5-8(6-12(7-9)17(19)20)13(18)16-11-3-1-10(15)2-4-11/h5-7,10-11H,1-4,15H2,(H,16,18). The van der Waals surface area contributed by atoms with Crippen LogP contribution >= 0.6 is 0 Å². The zero-order chi connectivity index (χ0) is 14.7. The molecule has 7 heteroatoms. The number of nitro benzene ring substituents is 1. The third-order valence-electron chi connectivity index (χ3n) is 3.46. The lowest BCUT2D eigenvalue weighted by atomic mass is 9.91. The normalized spacial score (nSPS) is 22.3. The molecule has 0 saturated heterocycles. The number of carbonyl (C=O) groups excluding carboxylic acids is 1. The molecule has 0 bridgehead atoms. The second-order valence-corrected chi connectivity index (χ2v) is 5.04. The topological polar surface area (TPSA) is 98.3 Å². The summed E-state index contributed by atoms with van der Waals surface area (Å²) in [5.41, 5.74) is 5.31. The summed E-state index contributed by atoms with van der Waals surface area (Å²) in [6.45, 7) is 0. The highest BCUT2D eigenvalue weighted by molar-refractivity contribution is 5.95. The first-order valence-corrected chi connectivity index (χ1v) is 6.47. The van der Waals surface area contributed by atoms with Gasteiger partial charge in [0.15, 0.2) is 0 Å². The average molecular weight is 281 g/mol. The summed E-state index contributed by atoms with van der Waals surface area (Å²) in [5, 5.41) is 13.4. The van der Waals surface area contributed by atoms with Gasteiger partial charge in [0.2, 0.25) is 0 Å². The Morgan fingerprint density at radius 2 is 1.95 bits per heavy atom. The van der Waals surface area contributed by atoms with Gasteiger partial charge in [-0.1, -0.05) is 0 Å². The Labute approximate surface area is 115 Å². The Morgan fingerprint density at radius 3 is 2.55 bits per heavy atom. The van der Waals surface area contributed by atoms with Crippen LogP contribution in [0.5, 0.6) is 0 Å². The second-order valence-electron chi connectivity index (χ2n) is 5.04. The van der Waals surface area contributed by atoms with Crippen LogP contribution < -0.4 is 11.1 Å². The number of nitrogens with zero attached hydrogens (tertiary/aromatic N) is 1. The maximum absolute atomic E-state index is 13.3. The lowest BCUT2D eigenvalue weighted by Crippen LogP contribution is -2.40. The molecule has 2 rings (SSSR count). The molecule has 1 aliphatic rings. The monoisotopic (exact) mass is 281 g/mol. The molecule has 0 aliphatic heterocycles. The highest BCUT2D eigenvalue weighted by atomic mass is 19.1. The molecule has 0 heterocycles. The van der Waals surface area contributed by atoms with Crippen LogP contribution in [0.25, 0.3) is 0 Å². The molecule has 6 nitrogen and oxygen atoms in total. The van der Waals surface area contributed by atoms with Crippen molar-refractivity contribution < 1.29 is 14.1 Å². The fourth-order valence-electron chi connectivity index (χ4n) is 2.34. The number of halogens is 1. The van der Waals surface area contributed by atoms with Crippen molar-refractivity contribution in [3.63, 3.8) is 0 Å². The first kappa shape index (κ1) is 14.4. The number of rotatable bonds is 3. The number of nitrogens with two attached hydrogens (primary N) is 1. The molecule has 1 amide bonds. The summed E-state index contributed by atoms with van der Waals surface area (Å²) in [4.78, 5) is 21.9. The summed E-state index contributed by atoms with van der Waals surface area (Å²) < 4.78 is 13.3. The summed E-state index contributed by atoms with van der Waals surface area (Å²) in [6.07, 6.45) is 3.19. The third kappa shape index (κ3) is 3.51. The molecule has 1 aliphatic carbocycles. The van der Waals surface area contributed by atoms with E-state index in [1.807, 2.05) is 0 Å². The molecule has 0 radical (unpaired) electrons. The van der Waals surface area contributed by atoms with Crippen molar-refractivity contribution >= 4 is 11.6 Å². The molecule has 0 unspecified atom stereocenters. The van der Waals surface area contributed by atoms with E-state index in [2.05, 4.69) is 5.32 Å². The molecule has 0 atom stereocenters. The molecular formula is C13H16FN3O3. The van der Waals surface area contributed by atoms with Gasteiger partial charge in [0.25, 0.3) is 11.6 Å². The minimum Gasteiger partial charge on any atom is -0.349 e. The maximum Gasteiger partial charge on any atom is 0.273 e. The van der Waals surface area contributed by atoms with Crippen molar-refractivity contribution in [3.8, 4) is 0 Å². The van der Waals surface area contributed by atoms with Crippen LogP contribution in [0.2, 0.25) is 0 Å². The molecule has 1 saturated carbocycles. The van der Waals surface area contributed by atoms with Crippen LogP contribution in [0, 0.1) is 15.9 Å². The van der Waals surface area contributed by atoms with Crippen LogP contribution in [0.4, 0.5) is 10.1 Å². The highest BCUT2D eigenvalue weighted by Gasteiger charge is 2.22. The summed E-state index contributed by atoms with van der Waals surface area (Å²) >= 11 is 0. The van der Waals surface area contributed by atoms with E-state index in [4.69, 9.17) is 5.73 Å². The quantitative estimate of drug-likeness (QED) is 0.651. The molecule has 20 heavy (non-hydrogen) atoms. The largest absolute Gasteiger partial charge is 0.349 e. The minimum absolute atomic E-state index is 0.00961. The van der Waals surface area contributed by atoms with E-state index in [1.54, 1.807) is 0 Å². The van der Waals surface area contributed by atoms with Gasteiger partial charge in [-0.25, -0.2) is 4.39 Å². The van der Waals surface area contributed by atoms with Crippen LogP contribution in [0.15, 0.2) is 18.2 Å². The highest BCUT2D eigenvalue weighted by Crippen LogP contribution is 2.19. The van der Waals surface area contributed by atoms with Crippen molar-refractivity contribution in [2.24, 2.45) is 5.73 Å². The number of hydrogen-bond donors (Lipinski definition) is 2. The Balaban J connectivity index is 2.07. The Bertz CT molecular complexity index is 528. The molecule has 1 aromatic rings. The van der Waals surface area contributed by atoms with Gasteiger partial charge in [-0.05, 0) is 31.7 Å². The molecule has 1 fully saturated rings. The molecule has 0 spiro atoms. The van der Waals surface area contributed by atoms with E-state index in [0.29, 0.717) is 0 Å². The first-order chi connectivity index (χ1) is 9.45.